The van der Waals surface area contributed by atoms with E-state index >= 15 is 0 Å². The van der Waals surface area contributed by atoms with Crippen LogP contribution in [0, 0.1) is 0 Å². The van der Waals surface area contributed by atoms with Gasteiger partial charge in [0.05, 0.1) is 12.2 Å². The van der Waals surface area contributed by atoms with Gasteiger partial charge in [0.25, 0.3) is 0 Å². The van der Waals surface area contributed by atoms with Gasteiger partial charge >= 0.3 is 5.97 Å². The summed E-state index contributed by atoms with van der Waals surface area (Å²) in [5.74, 6) is -0.989. The largest absolute Gasteiger partial charge is 0.478 e. The number of hydrogen-bond donors (Lipinski definition) is 4. The number of rotatable bonds is 14. The maximum absolute atomic E-state index is 10.2. The van der Waals surface area contributed by atoms with Gasteiger partial charge in [-0.3, -0.25) is 0 Å². The number of aliphatic hydroxyl groups is 3. The molecule has 0 amide bonds. The van der Waals surface area contributed by atoms with E-state index in [1.54, 1.807) is 6.08 Å². The lowest BCUT2D eigenvalue weighted by Gasteiger charge is -2.22. The van der Waals surface area contributed by atoms with E-state index in [1.165, 1.54) is 18.9 Å². The van der Waals surface area contributed by atoms with Gasteiger partial charge in [0.15, 0.2) is 0 Å². The Kier molecular flexibility index (Phi) is 13.7. The molecular weight excluding hydrogens is 296 g/mol. The molecule has 5 nitrogen and oxygen atoms in total. The zero-order chi connectivity index (χ0) is 17.5. The number of unbranched alkanes of at least 4 members (excludes halogenated alkanes) is 5. The Morgan fingerprint density at radius 2 is 1.52 bits per heavy atom. The number of carbonyl (C=O) groups is 1. The molecule has 0 aliphatic rings. The van der Waals surface area contributed by atoms with Crippen LogP contribution in [-0.4, -0.2) is 44.7 Å². The zero-order valence-electron chi connectivity index (χ0n) is 14.1. The Morgan fingerprint density at radius 3 is 2.13 bits per heavy atom. The first-order valence-electron chi connectivity index (χ1n) is 8.59. The maximum Gasteiger partial charge on any atom is 0.328 e. The van der Waals surface area contributed by atoms with Gasteiger partial charge in [-0.2, -0.15) is 0 Å². The highest BCUT2D eigenvalue weighted by Gasteiger charge is 2.23. The van der Waals surface area contributed by atoms with Crippen LogP contribution < -0.4 is 0 Å². The summed E-state index contributed by atoms with van der Waals surface area (Å²) in [4.78, 5) is 10.2. The second-order valence-electron chi connectivity index (χ2n) is 5.88. The van der Waals surface area contributed by atoms with Gasteiger partial charge < -0.3 is 20.4 Å². The van der Waals surface area contributed by atoms with Gasteiger partial charge in [-0.15, -0.1) is 0 Å². The standard InChI is InChI=1S/C18H32O5/c1-2-3-4-6-9-12-15(19)18(23)16(20)13-10-7-5-8-11-14-17(21)22/h5,8,11,14-16,18-20,23H,2-4,6-7,9-10,12-13H2,1H3,(H,21,22). The summed E-state index contributed by atoms with van der Waals surface area (Å²) in [6.07, 6.45) is 10.7. The maximum atomic E-state index is 10.2. The third-order valence-corrected chi connectivity index (χ3v) is 3.75. The van der Waals surface area contributed by atoms with Crippen molar-refractivity contribution in [2.75, 3.05) is 0 Å². The van der Waals surface area contributed by atoms with Gasteiger partial charge in [0.1, 0.15) is 6.10 Å². The van der Waals surface area contributed by atoms with Crippen LogP contribution in [0.15, 0.2) is 24.3 Å². The van der Waals surface area contributed by atoms with Crippen molar-refractivity contribution < 1.29 is 25.2 Å². The van der Waals surface area contributed by atoms with E-state index in [2.05, 4.69) is 6.92 Å². The Balaban J connectivity index is 3.78. The van der Waals surface area contributed by atoms with Crippen molar-refractivity contribution in [2.45, 2.75) is 83.0 Å². The molecule has 0 aliphatic heterocycles. The Morgan fingerprint density at radius 1 is 0.913 bits per heavy atom. The Hall–Kier alpha value is -1.17. The zero-order valence-corrected chi connectivity index (χ0v) is 14.1. The SMILES string of the molecule is CCCCCCCC(O)C(O)C(O)CCCC=CC=CC(=O)O. The summed E-state index contributed by atoms with van der Waals surface area (Å²) >= 11 is 0. The fourth-order valence-corrected chi connectivity index (χ4v) is 2.31. The fraction of sp³-hybridized carbons (Fsp3) is 0.722. The molecule has 0 bridgehead atoms. The molecule has 5 heteroatoms. The number of hydrogen-bond acceptors (Lipinski definition) is 4. The van der Waals surface area contributed by atoms with E-state index in [4.69, 9.17) is 5.11 Å². The first kappa shape index (κ1) is 21.8. The second kappa shape index (κ2) is 14.4. The van der Waals surface area contributed by atoms with Gasteiger partial charge in [-0.25, -0.2) is 4.79 Å². The predicted octanol–water partition coefficient (Wildman–Crippen LogP) is 2.80. The van der Waals surface area contributed by atoms with Crippen LogP contribution in [0.25, 0.3) is 0 Å². The van der Waals surface area contributed by atoms with Crippen molar-refractivity contribution in [1.29, 1.82) is 0 Å². The molecule has 3 atom stereocenters. The second-order valence-corrected chi connectivity index (χ2v) is 5.88. The molecule has 0 rings (SSSR count). The number of carboxylic acids is 1. The lowest BCUT2D eigenvalue weighted by molar-refractivity contribution is -0.131. The van der Waals surface area contributed by atoms with Crippen molar-refractivity contribution in [1.82, 2.24) is 0 Å². The van der Waals surface area contributed by atoms with Gasteiger partial charge in [-0.05, 0) is 25.7 Å². The van der Waals surface area contributed by atoms with Crippen LogP contribution in [0.1, 0.15) is 64.7 Å². The van der Waals surface area contributed by atoms with Crippen molar-refractivity contribution >= 4 is 5.97 Å². The van der Waals surface area contributed by atoms with E-state index < -0.39 is 24.3 Å². The minimum absolute atomic E-state index is 0.404. The quantitative estimate of drug-likeness (QED) is 0.223. The van der Waals surface area contributed by atoms with E-state index in [0.29, 0.717) is 25.7 Å². The summed E-state index contributed by atoms with van der Waals surface area (Å²) in [5, 5.41) is 38.1. The molecule has 0 saturated heterocycles. The fourth-order valence-electron chi connectivity index (χ4n) is 2.31. The Labute approximate surface area is 139 Å². The summed E-state index contributed by atoms with van der Waals surface area (Å²) in [6, 6.07) is 0. The average Bonchev–Trinajstić information content (AvgIpc) is 2.52. The van der Waals surface area contributed by atoms with E-state index in [0.717, 1.165) is 25.3 Å². The molecular formula is C18H32O5. The van der Waals surface area contributed by atoms with Crippen molar-refractivity contribution in [3.63, 3.8) is 0 Å². The average molecular weight is 328 g/mol. The highest BCUT2D eigenvalue weighted by atomic mass is 16.4. The van der Waals surface area contributed by atoms with Crippen LogP contribution in [0.3, 0.4) is 0 Å². The highest BCUT2D eigenvalue weighted by Crippen LogP contribution is 2.14. The third kappa shape index (κ3) is 13.0. The molecule has 134 valence electrons. The molecule has 0 radical (unpaired) electrons. The first-order valence-corrected chi connectivity index (χ1v) is 8.59. The van der Waals surface area contributed by atoms with E-state index in [9.17, 15) is 20.1 Å². The molecule has 3 unspecified atom stereocenters. The molecule has 0 aromatic carbocycles. The number of carboxylic acid groups (broad SMARTS) is 1. The predicted molar refractivity (Wildman–Crippen MR) is 91.2 cm³/mol. The summed E-state index contributed by atoms with van der Waals surface area (Å²) in [7, 11) is 0. The van der Waals surface area contributed by atoms with Crippen LogP contribution in [-0.2, 0) is 4.79 Å². The molecule has 0 aromatic heterocycles. The molecule has 0 spiro atoms. The monoisotopic (exact) mass is 328 g/mol. The molecule has 0 fully saturated rings. The van der Waals surface area contributed by atoms with Gasteiger partial charge in [0, 0.05) is 6.08 Å². The number of aliphatic hydroxyl groups excluding tert-OH is 3. The number of allylic oxidation sites excluding steroid dienone is 3. The normalized spacial score (nSPS) is 16.0. The van der Waals surface area contributed by atoms with Crippen LogP contribution in [0.4, 0.5) is 0 Å². The first-order chi connectivity index (χ1) is 11.0. The van der Waals surface area contributed by atoms with E-state index in [1.807, 2.05) is 6.08 Å². The summed E-state index contributed by atoms with van der Waals surface area (Å²) in [6.45, 7) is 2.15. The molecule has 0 saturated carbocycles. The van der Waals surface area contributed by atoms with Crippen LogP contribution in [0.5, 0.6) is 0 Å². The lowest BCUT2D eigenvalue weighted by Crippen LogP contribution is -2.37. The molecule has 0 aromatic rings. The lowest BCUT2D eigenvalue weighted by atomic mass is 9.98. The molecule has 0 aliphatic carbocycles. The number of aliphatic carboxylic acids is 1. The minimum atomic E-state index is -1.10. The summed E-state index contributed by atoms with van der Waals surface area (Å²) in [5.41, 5.74) is 0. The van der Waals surface area contributed by atoms with Crippen LogP contribution in [0.2, 0.25) is 0 Å². The van der Waals surface area contributed by atoms with Crippen molar-refractivity contribution in [3.05, 3.63) is 24.3 Å². The minimum Gasteiger partial charge on any atom is -0.478 e. The Bertz CT molecular complexity index is 351. The van der Waals surface area contributed by atoms with Crippen molar-refractivity contribution in [2.24, 2.45) is 0 Å². The highest BCUT2D eigenvalue weighted by molar-refractivity contribution is 5.80. The molecule has 4 N–H and O–H groups in total. The molecule has 23 heavy (non-hydrogen) atoms. The van der Waals surface area contributed by atoms with Gasteiger partial charge in [-0.1, -0.05) is 57.3 Å². The summed E-state index contributed by atoms with van der Waals surface area (Å²) < 4.78 is 0. The molecule has 0 heterocycles. The van der Waals surface area contributed by atoms with E-state index in [-0.39, 0.29) is 0 Å². The topological polar surface area (TPSA) is 98.0 Å². The van der Waals surface area contributed by atoms with Crippen LogP contribution >= 0.6 is 0 Å². The van der Waals surface area contributed by atoms with Crippen molar-refractivity contribution in [3.8, 4) is 0 Å². The third-order valence-electron chi connectivity index (χ3n) is 3.75. The van der Waals surface area contributed by atoms with Gasteiger partial charge in [0.2, 0.25) is 0 Å². The smallest absolute Gasteiger partial charge is 0.328 e.